The summed E-state index contributed by atoms with van der Waals surface area (Å²) in [5, 5.41) is 8.84. The van der Waals surface area contributed by atoms with Gasteiger partial charge in [-0.15, -0.1) is 5.10 Å². The molecular weight excluding hydrogens is 462 g/mol. The number of aromatic nitrogens is 3. The lowest BCUT2D eigenvalue weighted by Gasteiger charge is -2.24. The third kappa shape index (κ3) is 4.60. The number of hydrogen-bond acceptors (Lipinski definition) is 5. The molecule has 1 amide bonds. The number of rotatable bonds is 4. The van der Waals surface area contributed by atoms with Crippen LogP contribution in [-0.4, -0.2) is 35.9 Å². The van der Waals surface area contributed by atoms with Crippen molar-refractivity contribution in [1.82, 2.24) is 15.0 Å². The van der Waals surface area contributed by atoms with E-state index in [4.69, 9.17) is 11.6 Å². The van der Waals surface area contributed by atoms with Crippen molar-refractivity contribution in [3.63, 3.8) is 0 Å². The fourth-order valence-corrected chi connectivity index (χ4v) is 5.08. The molecule has 4 rings (SSSR count). The summed E-state index contributed by atoms with van der Waals surface area (Å²) in [6.07, 6.45) is 1.40. The number of carbonyl (C=O) groups excluding carboxylic acids is 1. The monoisotopic (exact) mass is 487 g/mol. The summed E-state index contributed by atoms with van der Waals surface area (Å²) in [6.45, 7) is 8.26. The molecule has 33 heavy (non-hydrogen) atoms. The molecule has 0 unspecified atom stereocenters. The van der Waals surface area contributed by atoms with Crippen molar-refractivity contribution in [1.29, 1.82) is 0 Å². The van der Waals surface area contributed by atoms with Crippen molar-refractivity contribution in [2.24, 2.45) is 0 Å². The standard InChI is InChI=1S/C23H26ClN5O3S/c1-15(30)28-13-5-6-20-22(28)25-27-29(20)21-14-17(24)9-12-19(21)26-33(31,32)18-10-7-16(8-11-18)23(2,3)4/h7-12,14,26H,5-6,13H2,1-4H3. The minimum Gasteiger partial charge on any atom is -0.294 e. The highest BCUT2D eigenvalue weighted by molar-refractivity contribution is 7.92. The van der Waals surface area contributed by atoms with Gasteiger partial charge in [0.25, 0.3) is 10.0 Å². The van der Waals surface area contributed by atoms with Crippen LogP contribution in [0.2, 0.25) is 5.02 Å². The van der Waals surface area contributed by atoms with Gasteiger partial charge in [0.15, 0.2) is 5.82 Å². The van der Waals surface area contributed by atoms with Crippen LogP contribution in [-0.2, 0) is 26.7 Å². The van der Waals surface area contributed by atoms with E-state index >= 15 is 0 Å². The molecule has 0 atom stereocenters. The van der Waals surface area contributed by atoms with Crippen LogP contribution in [0.25, 0.3) is 5.69 Å². The van der Waals surface area contributed by atoms with E-state index in [1.807, 2.05) is 12.1 Å². The second kappa shape index (κ2) is 8.46. The second-order valence-electron chi connectivity index (χ2n) is 9.09. The van der Waals surface area contributed by atoms with Crippen LogP contribution in [0.1, 0.15) is 45.4 Å². The van der Waals surface area contributed by atoms with Crippen molar-refractivity contribution in [2.75, 3.05) is 16.2 Å². The van der Waals surface area contributed by atoms with Crippen molar-refractivity contribution in [3.8, 4) is 5.69 Å². The van der Waals surface area contributed by atoms with Crippen molar-refractivity contribution in [3.05, 3.63) is 58.7 Å². The molecule has 0 saturated carbocycles. The molecule has 10 heteroatoms. The first-order valence-corrected chi connectivity index (χ1v) is 12.5. The fourth-order valence-electron chi connectivity index (χ4n) is 3.84. The maximum atomic E-state index is 13.2. The Morgan fingerprint density at radius 1 is 1.12 bits per heavy atom. The van der Waals surface area contributed by atoms with Gasteiger partial charge in [0, 0.05) is 18.5 Å². The zero-order valence-electron chi connectivity index (χ0n) is 19.0. The van der Waals surface area contributed by atoms with Crippen molar-refractivity contribution in [2.45, 2.75) is 50.8 Å². The average molecular weight is 488 g/mol. The molecule has 0 spiro atoms. The van der Waals surface area contributed by atoms with E-state index in [9.17, 15) is 13.2 Å². The predicted octanol–water partition coefficient (Wildman–Crippen LogP) is 4.32. The molecule has 0 fully saturated rings. The first kappa shape index (κ1) is 23.3. The Balaban J connectivity index is 1.73. The van der Waals surface area contributed by atoms with Crippen LogP contribution in [0.3, 0.4) is 0 Å². The van der Waals surface area contributed by atoms with E-state index in [1.54, 1.807) is 39.9 Å². The number of hydrogen-bond donors (Lipinski definition) is 1. The molecule has 1 aromatic heterocycles. The van der Waals surface area contributed by atoms with Gasteiger partial charge in [-0.2, -0.15) is 0 Å². The summed E-state index contributed by atoms with van der Waals surface area (Å²) in [5.41, 5.74) is 2.44. The molecule has 0 bridgehead atoms. The molecule has 1 N–H and O–H groups in total. The Kier molecular flexibility index (Phi) is 5.96. The highest BCUT2D eigenvalue weighted by Gasteiger charge is 2.28. The summed E-state index contributed by atoms with van der Waals surface area (Å²) in [7, 11) is -3.87. The topological polar surface area (TPSA) is 97.2 Å². The summed E-state index contributed by atoms with van der Waals surface area (Å²) in [5.74, 6) is 0.369. The van der Waals surface area contributed by atoms with Gasteiger partial charge in [0.1, 0.15) is 0 Å². The zero-order chi connectivity index (χ0) is 24.0. The zero-order valence-corrected chi connectivity index (χ0v) is 20.5. The van der Waals surface area contributed by atoms with E-state index in [1.165, 1.54) is 6.92 Å². The Bertz CT molecular complexity index is 1310. The highest BCUT2D eigenvalue weighted by atomic mass is 35.5. The second-order valence-corrected chi connectivity index (χ2v) is 11.2. The van der Waals surface area contributed by atoms with Crippen molar-refractivity contribution < 1.29 is 13.2 Å². The van der Waals surface area contributed by atoms with Crippen molar-refractivity contribution >= 4 is 39.0 Å². The number of halogens is 1. The SMILES string of the molecule is CC(=O)N1CCCc2c1nnn2-c1cc(Cl)ccc1NS(=O)(=O)c1ccc(C(C)(C)C)cc1. The Morgan fingerprint density at radius 2 is 1.82 bits per heavy atom. The summed E-state index contributed by atoms with van der Waals surface area (Å²) in [6, 6.07) is 11.7. The number of anilines is 2. The minimum absolute atomic E-state index is 0.0843. The first-order chi connectivity index (χ1) is 15.5. The molecular formula is C23H26ClN5O3S. The molecule has 0 aliphatic carbocycles. The van der Waals surface area contributed by atoms with Crippen LogP contribution >= 0.6 is 11.6 Å². The maximum Gasteiger partial charge on any atom is 0.261 e. The smallest absolute Gasteiger partial charge is 0.261 e. The number of nitrogens with zero attached hydrogens (tertiary/aromatic N) is 4. The first-order valence-electron chi connectivity index (χ1n) is 10.6. The van der Waals surface area contributed by atoms with Gasteiger partial charge in [-0.1, -0.05) is 49.7 Å². The number of nitrogens with one attached hydrogen (secondary N) is 1. The van der Waals surface area contributed by atoms with E-state index in [-0.39, 0.29) is 16.2 Å². The van der Waals surface area contributed by atoms with Crippen LogP contribution in [0.15, 0.2) is 47.4 Å². The van der Waals surface area contributed by atoms with Crippen LogP contribution in [0.5, 0.6) is 0 Å². The molecule has 1 aliphatic rings. The number of carbonyl (C=O) groups is 1. The number of fused-ring (bicyclic) bond motifs is 1. The summed E-state index contributed by atoms with van der Waals surface area (Å²) < 4.78 is 30.5. The fraction of sp³-hybridized carbons (Fsp3) is 0.348. The van der Waals surface area contributed by atoms with Gasteiger partial charge in [-0.3, -0.25) is 14.4 Å². The van der Waals surface area contributed by atoms with Gasteiger partial charge in [0.05, 0.1) is 22.0 Å². The average Bonchev–Trinajstić information content (AvgIpc) is 3.18. The predicted molar refractivity (Wildman–Crippen MR) is 129 cm³/mol. The Hall–Kier alpha value is -2.91. The van der Waals surface area contributed by atoms with Crippen LogP contribution in [0.4, 0.5) is 11.5 Å². The lowest BCUT2D eigenvalue weighted by Crippen LogP contribution is -2.34. The van der Waals surface area contributed by atoms with Crippen LogP contribution in [0, 0.1) is 0 Å². The Morgan fingerprint density at radius 3 is 2.45 bits per heavy atom. The van der Waals surface area contributed by atoms with E-state index in [0.29, 0.717) is 35.2 Å². The van der Waals surface area contributed by atoms with Gasteiger partial charge in [-0.05, 0) is 54.2 Å². The molecule has 8 nitrogen and oxygen atoms in total. The lowest BCUT2D eigenvalue weighted by atomic mass is 9.87. The number of benzene rings is 2. The van der Waals surface area contributed by atoms with E-state index < -0.39 is 10.0 Å². The number of amides is 1. The molecule has 2 aromatic carbocycles. The third-order valence-corrected chi connectivity index (χ3v) is 7.25. The van der Waals surface area contributed by atoms with Crippen LogP contribution < -0.4 is 9.62 Å². The molecule has 0 radical (unpaired) electrons. The molecule has 174 valence electrons. The lowest BCUT2D eigenvalue weighted by molar-refractivity contribution is -0.116. The summed E-state index contributed by atoms with van der Waals surface area (Å²) >= 11 is 6.24. The largest absolute Gasteiger partial charge is 0.294 e. The molecule has 0 saturated heterocycles. The summed E-state index contributed by atoms with van der Waals surface area (Å²) in [4.78, 5) is 13.7. The molecule has 2 heterocycles. The van der Waals surface area contributed by atoms with Gasteiger partial charge < -0.3 is 0 Å². The van der Waals surface area contributed by atoms with E-state index in [2.05, 4.69) is 35.8 Å². The quantitative estimate of drug-likeness (QED) is 0.591. The highest BCUT2D eigenvalue weighted by Crippen LogP contribution is 2.32. The maximum absolute atomic E-state index is 13.2. The Labute approximate surface area is 198 Å². The number of sulfonamides is 1. The third-order valence-electron chi connectivity index (χ3n) is 5.64. The molecule has 1 aliphatic heterocycles. The van der Waals surface area contributed by atoms with E-state index in [0.717, 1.165) is 17.7 Å². The van der Waals surface area contributed by atoms with Gasteiger partial charge in [-0.25, -0.2) is 13.1 Å². The van der Waals surface area contributed by atoms with Gasteiger partial charge >= 0.3 is 0 Å². The normalized spacial score (nSPS) is 14.2. The molecule has 3 aromatic rings. The van der Waals surface area contributed by atoms with Gasteiger partial charge in [0.2, 0.25) is 5.91 Å². The minimum atomic E-state index is -3.87.